The van der Waals surface area contributed by atoms with Crippen LogP contribution in [0, 0.1) is 0 Å². The van der Waals surface area contributed by atoms with Gasteiger partial charge in [0.15, 0.2) is 0 Å². The molecule has 6 heteroatoms. The van der Waals surface area contributed by atoms with Crippen molar-refractivity contribution in [3.8, 4) is 10.6 Å². The Morgan fingerprint density at radius 2 is 2.29 bits per heavy atom. The van der Waals surface area contributed by atoms with E-state index in [0.717, 1.165) is 23.4 Å². The summed E-state index contributed by atoms with van der Waals surface area (Å²) in [5.74, 6) is -0.899. The highest BCUT2D eigenvalue weighted by Crippen LogP contribution is 2.22. The molecule has 0 aliphatic heterocycles. The molecule has 0 aliphatic carbocycles. The van der Waals surface area contributed by atoms with Crippen molar-refractivity contribution in [1.29, 1.82) is 0 Å². The van der Waals surface area contributed by atoms with Gasteiger partial charge in [0.05, 0.1) is 4.88 Å². The molecule has 21 heavy (non-hydrogen) atoms. The fraction of sp³-hybridized carbons (Fsp3) is 0.400. The van der Waals surface area contributed by atoms with Gasteiger partial charge in [0.1, 0.15) is 5.69 Å². The van der Waals surface area contributed by atoms with Crippen LogP contribution < -0.4 is 5.56 Å². The number of aromatic nitrogens is 2. The average Bonchev–Trinajstić information content (AvgIpc) is 2.99. The van der Waals surface area contributed by atoms with Gasteiger partial charge in [-0.05, 0) is 30.4 Å². The maximum atomic E-state index is 12.3. The molecule has 0 fully saturated rings. The first-order chi connectivity index (χ1) is 10.1. The zero-order valence-electron chi connectivity index (χ0n) is 11.9. The molecule has 0 aliphatic rings. The lowest BCUT2D eigenvalue weighted by molar-refractivity contribution is -0.136. The molecule has 0 saturated heterocycles. The van der Waals surface area contributed by atoms with Crippen LogP contribution in [0.1, 0.15) is 31.7 Å². The van der Waals surface area contributed by atoms with E-state index in [1.165, 1.54) is 4.68 Å². The van der Waals surface area contributed by atoms with Crippen LogP contribution in [-0.2, 0) is 17.8 Å². The minimum absolute atomic E-state index is 0.0447. The number of aryl methyl sites for hydroxylation is 2. The number of carboxylic acids is 1. The Kier molecular flexibility index (Phi) is 5.27. The van der Waals surface area contributed by atoms with E-state index in [9.17, 15) is 9.59 Å². The molecule has 0 spiro atoms. The summed E-state index contributed by atoms with van der Waals surface area (Å²) in [4.78, 5) is 24.0. The quantitative estimate of drug-likeness (QED) is 0.853. The monoisotopic (exact) mass is 306 g/mol. The van der Waals surface area contributed by atoms with E-state index in [2.05, 4.69) is 12.0 Å². The van der Waals surface area contributed by atoms with Crippen LogP contribution in [0.4, 0.5) is 0 Å². The molecule has 0 aromatic carbocycles. The van der Waals surface area contributed by atoms with E-state index < -0.39 is 5.97 Å². The topological polar surface area (TPSA) is 72.2 Å². The van der Waals surface area contributed by atoms with E-state index in [0.29, 0.717) is 12.1 Å². The second-order valence-electron chi connectivity index (χ2n) is 4.81. The molecule has 2 heterocycles. The molecule has 2 aromatic heterocycles. The molecule has 0 amide bonds. The van der Waals surface area contributed by atoms with Crippen LogP contribution >= 0.6 is 11.3 Å². The third-order valence-corrected chi connectivity index (χ3v) is 4.05. The molecule has 2 aromatic rings. The minimum Gasteiger partial charge on any atom is -0.481 e. The van der Waals surface area contributed by atoms with Crippen LogP contribution in [-0.4, -0.2) is 20.9 Å². The van der Waals surface area contributed by atoms with Crippen LogP contribution in [0.2, 0.25) is 0 Å². The van der Waals surface area contributed by atoms with E-state index in [-0.39, 0.29) is 18.4 Å². The van der Waals surface area contributed by atoms with Gasteiger partial charge < -0.3 is 5.11 Å². The lowest BCUT2D eigenvalue weighted by atomic mass is 10.1. The second kappa shape index (κ2) is 7.17. The smallest absolute Gasteiger partial charge is 0.303 e. The molecule has 112 valence electrons. The summed E-state index contributed by atoms with van der Waals surface area (Å²) in [6.07, 6.45) is 2.04. The molecule has 0 radical (unpaired) electrons. The van der Waals surface area contributed by atoms with Crippen LogP contribution in [0.15, 0.2) is 28.4 Å². The summed E-state index contributed by atoms with van der Waals surface area (Å²) in [5.41, 5.74) is 1.08. The van der Waals surface area contributed by atoms with Crippen molar-refractivity contribution >= 4 is 17.3 Å². The highest BCUT2D eigenvalue weighted by atomic mass is 32.1. The molecule has 1 N–H and O–H groups in total. The summed E-state index contributed by atoms with van der Waals surface area (Å²) in [6.45, 7) is 2.62. The van der Waals surface area contributed by atoms with Crippen LogP contribution in [0.25, 0.3) is 10.6 Å². The Labute approximate surface area is 126 Å². The van der Waals surface area contributed by atoms with E-state index in [1.807, 2.05) is 17.5 Å². The predicted octanol–water partition coefficient (Wildman–Crippen LogP) is 2.79. The molecule has 0 bridgehead atoms. The zero-order valence-corrected chi connectivity index (χ0v) is 12.7. The Morgan fingerprint density at radius 1 is 1.48 bits per heavy atom. The third-order valence-electron chi connectivity index (χ3n) is 3.15. The molecule has 5 nitrogen and oxygen atoms in total. The van der Waals surface area contributed by atoms with Crippen molar-refractivity contribution in [3.63, 3.8) is 0 Å². The SMILES string of the molecule is CCCCn1nc(-c2cccs2)cc(CCC(=O)O)c1=O. The number of nitrogens with zero attached hydrogens (tertiary/aromatic N) is 2. The van der Waals surface area contributed by atoms with Gasteiger partial charge in [-0.15, -0.1) is 11.3 Å². The van der Waals surface area contributed by atoms with Gasteiger partial charge in [-0.1, -0.05) is 19.4 Å². The van der Waals surface area contributed by atoms with Gasteiger partial charge in [0.2, 0.25) is 0 Å². The van der Waals surface area contributed by atoms with Crippen molar-refractivity contribution in [2.24, 2.45) is 0 Å². The van der Waals surface area contributed by atoms with E-state index >= 15 is 0 Å². The number of carbonyl (C=O) groups is 1. The summed E-state index contributed by atoms with van der Waals surface area (Å²) in [6, 6.07) is 5.60. The fourth-order valence-corrected chi connectivity index (χ4v) is 2.70. The molecule has 0 saturated carbocycles. The predicted molar refractivity (Wildman–Crippen MR) is 82.7 cm³/mol. The van der Waals surface area contributed by atoms with E-state index in [1.54, 1.807) is 17.4 Å². The van der Waals surface area contributed by atoms with Crippen molar-refractivity contribution in [1.82, 2.24) is 9.78 Å². The number of unbranched alkanes of at least 4 members (excludes halogenated alkanes) is 1. The summed E-state index contributed by atoms with van der Waals surface area (Å²) < 4.78 is 1.47. The first kappa shape index (κ1) is 15.4. The van der Waals surface area contributed by atoms with Crippen molar-refractivity contribution in [3.05, 3.63) is 39.5 Å². The van der Waals surface area contributed by atoms with Crippen LogP contribution in [0.5, 0.6) is 0 Å². The largest absolute Gasteiger partial charge is 0.481 e. The lowest BCUT2D eigenvalue weighted by Crippen LogP contribution is -2.27. The highest BCUT2D eigenvalue weighted by molar-refractivity contribution is 7.13. The molecular formula is C15H18N2O3S. The van der Waals surface area contributed by atoms with Gasteiger partial charge in [-0.25, -0.2) is 4.68 Å². The van der Waals surface area contributed by atoms with Crippen molar-refractivity contribution in [2.45, 2.75) is 39.2 Å². The summed E-state index contributed by atoms with van der Waals surface area (Å²) in [7, 11) is 0. The van der Waals surface area contributed by atoms with Crippen molar-refractivity contribution in [2.75, 3.05) is 0 Å². The minimum atomic E-state index is -0.899. The van der Waals surface area contributed by atoms with E-state index in [4.69, 9.17) is 5.11 Å². The Hall–Kier alpha value is -1.95. The van der Waals surface area contributed by atoms with Gasteiger partial charge in [0.25, 0.3) is 5.56 Å². The second-order valence-corrected chi connectivity index (χ2v) is 5.76. The molecular weight excluding hydrogens is 288 g/mol. The molecule has 0 unspecified atom stereocenters. The highest BCUT2D eigenvalue weighted by Gasteiger charge is 2.11. The number of aliphatic carboxylic acids is 1. The maximum absolute atomic E-state index is 12.3. The summed E-state index contributed by atoms with van der Waals surface area (Å²) >= 11 is 1.55. The summed E-state index contributed by atoms with van der Waals surface area (Å²) in [5, 5.41) is 15.2. The Bertz CT molecular complexity index is 662. The third kappa shape index (κ3) is 4.01. The van der Waals surface area contributed by atoms with Gasteiger partial charge in [0, 0.05) is 18.5 Å². The van der Waals surface area contributed by atoms with Crippen LogP contribution in [0.3, 0.4) is 0 Å². The molecule has 0 atom stereocenters. The first-order valence-corrected chi connectivity index (χ1v) is 7.86. The van der Waals surface area contributed by atoms with Gasteiger partial charge in [-0.2, -0.15) is 5.10 Å². The van der Waals surface area contributed by atoms with Crippen molar-refractivity contribution < 1.29 is 9.90 Å². The standard InChI is InChI=1S/C15H18N2O3S/c1-2-3-8-17-15(20)11(6-7-14(18)19)10-12(16-17)13-5-4-9-21-13/h4-5,9-10H,2-3,6-8H2,1H3,(H,18,19). The lowest BCUT2D eigenvalue weighted by Gasteiger charge is -2.09. The normalized spacial score (nSPS) is 10.7. The maximum Gasteiger partial charge on any atom is 0.303 e. The fourth-order valence-electron chi connectivity index (χ4n) is 2.02. The number of thiophene rings is 1. The number of hydrogen-bond donors (Lipinski definition) is 1. The average molecular weight is 306 g/mol. The van der Waals surface area contributed by atoms with Gasteiger partial charge in [-0.3, -0.25) is 9.59 Å². The number of hydrogen-bond acceptors (Lipinski definition) is 4. The zero-order chi connectivity index (χ0) is 15.2. The van der Waals surface area contributed by atoms with Gasteiger partial charge >= 0.3 is 5.97 Å². The first-order valence-electron chi connectivity index (χ1n) is 6.98. The number of carboxylic acid groups (broad SMARTS) is 1. The number of rotatable bonds is 7. The Balaban J connectivity index is 2.40. The Morgan fingerprint density at radius 3 is 2.90 bits per heavy atom. The molecule has 2 rings (SSSR count).